The van der Waals surface area contributed by atoms with E-state index in [9.17, 15) is 4.79 Å². The lowest BCUT2D eigenvalue weighted by molar-refractivity contribution is -0.119. The molecule has 1 aliphatic rings. The summed E-state index contributed by atoms with van der Waals surface area (Å²) >= 11 is 1.62. The molecule has 0 amide bonds. The molecule has 1 fully saturated rings. The first-order chi connectivity index (χ1) is 8.65. The second kappa shape index (κ2) is 6.43. The molecule has 1 aromatic rings. The molecular formula is C14H22N2OS. The van der Waals surface area contributed by atoms with Gasteiger partial charge in [-0.05, 0) is 44.7 Å². The number of ketones is 1. The van der Waals surface area contributed by atoms with Gasteiger partial charge in [0.25, 0.3) is 0 Å². The van der Waals surface area contributed by atoms with Crippen LogP contribution in [0.5, 0.6) is 0 Å². The van der Waals surface area contributed by atoms with Crippen molar-refractivity contribution in [3.05, 3.63) is 16.1 Å². The molecule has 3 nitrogen and oxygen atoms in total. The summed E-state index contributed by atoms with van der Waals surface area (Å²) in [6.45, 7) is 6.40. The zero-order chi connectivity index (χ0) is 13.0. The molecule has 1 aromatic heterocycles. The zero-order valence-electron chi connectivity index (χ0n) is 11.2. The number of nitrogens with zero attached hydrogens (tertiary/aromatic N) is 1. The van der Waals surface area contributed by atoms with Crippen LogP contribution in [-0.4, -0.2) is 23.9 Å². The highest BCUT2D eigenvalue weighted by molar-refractivity contribution is 7.09. The van der Waals surface area contributed by atoms with Gasteiger partial charge >= 0.3 is 0 Å². The van der Waals surface area contributed by atoms with Crippen molar-refractivity contribution in [2.24, 2.45) is 11.8 Å². The molecule has 0 saturated carbocycles. The van der Waals surface area contributed by atoms with Crippen molar-refractivity contribution >= 4 is 17.1 Å². The molecule has 0 radical (unpaired) electrons. The Balaban J connectivity index is 1.79. The first kappa shape index (κ1) is 13.7. The highest BCUT2D eigenvalue weighted by Crippen LogP contribution is 2.23. The van der Waals surface area contributed by atoms with Crippen LogP contribution in [0, 0.1) is 18.8 Å². The smallest absolute Gasteiger partial charge is 0.139 e. The van der Waals surface area contributed by atoms with E-state index < -0.39 is 0 Å². The van der Waals surface area contributed by atoms with Crippen molar-refractivity contribution in [2.45, 2.75) is 39.5 Å². The Morgan fingerprint density at radius 2 is 2.50 bits per heavy atom. The van der Waals surface area contributed by atoms with Gasteiger partial charge in [0.2, 0.25) is 0 Å². The first-order valence-electron chi connectivity index (χ1n) is 6.78. The van der Waals surface area contributed by atoms with Gasteiger partial charge in [-0.25, -0.2) is 4.98 Å². The summed E-state index contributed by atoms with van der Waals surface area (Å²) in [5.74, 6) is 1.49. The van der Waals surface area contributed by atoms with Crippen molar-refractivity contribution in [3.63, 3.8) is 0 Å². The maximum atomic E-state index is 12.0. The van der Waals surface area contributed by atoms with Gasteiger partial charge in [0.05, 0.1) is 10.7 Å². The Kier molecular flexibility index (Phi) is 4.89. The molecule has 1 aliphatic heterocycles. The third-order valence-electron chi connectivity index (χ3n) is 3.73. The molecular weight excluding hydrogens is 244 g/mol. The van der Waals surface area contributed by atoms with Crippen molar-refractivity contribution in [2.75, 3.05) is 13.1 Å². The number of hydrogen-bond acceptors (Lipinski definition) is 4. The number of aromatic nitrogens is 1. The zero-order valence-corrected chi connectivity index (χ0v) is 12.1. The fourth-order valence-electron chi connectivity index (χ4n) is 2.65. The molecule has 100 valence electrons. The Bertz CT molecular complexity index is 396. The van der Waals surface area contributed by atoms with E-state index >= 15 is 0 Å². The molecule has 2 unspecified atom stereocenters. The predicted octanol–water partition coefficient (Wildman–Crippen LogP) is 2.59. The lowest BCUT2D eigenvalue weighted by atomic mass is 9.84. The fourth-order valence-corrected chi connectivity index (χ4v) is 3.27. The molecule has 4 heteroatoms. The molecule has 0 aromatic carbocycles. The van der Waals surface area contributed by atoms with E-state index in [1.807, 2.05) is 12.3 Å². The predicted molar refractivity (Wildman–Crippen MR) is 74.9 cm³/mol. The van der Waals surface area contributed by atoms with Gasteiger partial charge in [-0.2, -0.15) is 0 Å². The van der Waals surface area contributed by atoms with E-state index in [0.29, 0.717) is 30.5 Å². The topological polar surface area (TPSA) is 42.0 Å². The molecule has 2 rings (SSSR count). The lowest BCUT2D eigenvalue weighted by Crippen LogP contribution is -2.34. The van der Waals surface area contributed by atoms with Crippen LogP contribution < -0.4 is 5.32 Å². The number of rotatable bonds is 5. The summed E-state index contributed by atoms with van der Waals surface area (Å²) in [6.07, 6.45) is 3.71. The van der Waals surface area contributed by atoms with E-state index in [1.54, 1.807) is 11.3 Å². The van der Waals surface area contributed by atoms with Crippen LogP contribution in [0.1, 0.15) is 36.9 Å². The van der Waals surface area contributed by atoms with Gasteiger partial charge in [0, 0.05) is 18.2 Å². The molecule has 0 aliphatic carbocycles. The third-order valence-corrected chi connectivity index (χ3v) is 4.56. The average molecular weight is 266 g/mol. The van der Waals surface area contributed by atoms with E-state index in [0.717, 1.165) is 23.8 Å². The van der Waals surface area contributed by atoms with Crippen molar-refractivity contribution < 1.29 is 4.79 Å². The van der Waals surface area contributed by atoms with Crippen LogP contribution in [0.2, 0.25) is 0 Å². The van der Waals surface area contributed by atoms with Crippen LogP contribution in [0.4, 0.5) is 0 Å². The van der Waals surface area contributed by atoms with Crippen LogP contribution in [0.15, 0.2) is 5.38 Å². The van der Waals surface area contributed by atoms with Gasteiger partial charge in [-0.3, -0.25) is 4.79 Å². The Labute approximate surface area is 113 Å². The molecule has 0 bridgehead atoms. The molecule has 1 N–H and O–H groups in total. The van der Waals surface area contributed by atoms with Crippen LogP contribution in [-0.2, 0) is 11.2 Å². The SMILES string of the molecule is Cc1nc(CC(=O)CC(C)C2CCCNC2)cs1. The van der Waals surface area contributed by atoms with Crippen LogP contribution in [0.3, 0.4) is 0 Å². The van der Waals surface area contributed by atoms with E-state index in [-0.39, 0.29) is 0 Å². The highest BCUT2D eigenvalue weighted by Gasteiger charge is 2.22. The fraction of sp³-hybridized carbons (Fsp3) is 0.714. The molecule has 2 heterocycles. The number of carbonyl (C=O) groups excluding carboxylic acids is 1. The first-order valence-corrected chi connectivity index (χ1v) is 7.66. The minimum atomic E-state index is 0.332. The van der Waals surface area contributed by atoms with Gasteiger partial charge in [-0.1, -0.05) is 6.92 Å². The maximum Gasteiger partial charge on any atom is 0.139 e. The van der Waals surface area contributed by atoms with E-state index in [2.05, 4.69) is 17.2 Å². The number of aryl methyl sites for hydroxylation is 1. The molecule has 18 heavy (non-hydrogen) atoms. The summed E-state index contributed by atoms with van der Waals surface area (Å²) in [4.78, 5) is 16.4. The van der Waals surface area contributed by atoms with E-state index in [4.69, 9.17) is 0 Å². The Hall–Kier alpha value is -0.740. The second-order valence-corrected chi connectivity index (χ2v) is 6.42. The van der Waals surface area contributed by atoms with Gasteiger partial charge < -0.3 is 5.32 Å². The van der Waals surface area contributed by atoms with Gasteiger partial charge in [0.1, 0.15) is 5.78 Å². The number of nitrogens with one attached hydrogen (secondary N) is 1. The molecule has 0 spiro atoms. The molecule has 2 atom stereocenters. The summed E-state index contributed by atoms with van der Waals surface area (Å²) in [7, 11) is 0. The molecule has 1 saturated heterocycles. The quantitative estimate of drug-likeness (QED) is 0.890. The standard InChI is InChI=1S/C14H22N2OS/c1-10(12-4-3-5-15-8-12)6-14(17)7-13-9-18-11(2)16-13/h9-10,12,15H,3-8H2,1-2H3. The summed E-state index contributed by atoms with van der Waals surface area (Å²) in [5, 5.41) is 6.46. The summed E-state index contributed by atoms with van der Waals surface area (Å²) in [6, 6.07) is 0. The number of piperidine rings is 1. The Morgan fingerprint density at radius 1 is 1.67 bits per heavy atom. The lowest BCUT2D eigenvalue weighted by Gasteiger charge is -2.27. The van der Waals surface area contributed by atoms with Crippen molar-refractivity contribution in [1.29, 1.82) is 0 Å². The third kappa shape index (κ3) is 3.89. The maximum absolute atomic E-state index is 12.0. The average Bonchev–Trinajstić information content (AvgIpc) is 2.75. The summed E-state index contributed by atoms with van der Waals surface area (Å²) < 4.78 is 0. The van der Waals surface area contributed by atoms with E-state index in [1.165, 1.54) is 12.8 Å². The van der Waals surface area contributed by atoms with Crippen LogP contribution >= 0.6 is 11.3 Å². The monoisotopic (exact) mass is 266 g/mol. The minimum Gasteiger partial charge on any atom is -0.316 e. The number of Topliss-reactive ketones (excluding diaryl/α,β-unsaturated/α-hetero) is 1. The van der Waals surface area contributed by atoms with Crippen molar-refractivity contribution in [3.8, 4) is 0 Å². The highest BCUT2D eigenvalue weighted by atomic mass is 32.1. The normalized spacial score (nSPS) is 21.8. The Morgan fingerprint density at radius 3 is 3.11 bits per heavy atom. The van der Waals surface area contributed by atoms with Crippen molar-refractivity contribution in [1.82, 2.24) is 10.3 Å². The number of thiazole rings is 1. The van der Waals surface area contributed by atoms with Crippen LogP contribution in [0.25, 0.3) is 0 Å². The largest absolute Gasteiger partial charge is 0.316 e. The second-order valence-electron chi connectivity index (χ2n) is 5.36. The minimum absolute atomic E-state index is 0.332. The van der Waals surface area contributed by atoms with Gasteiger partial charge in [0.15, 0.2) is 0 Å². The number of hydrogen-bond donors (Lipinski definition) is 1. The van der Waals surface area contributed by atoms with Gasteiger partial charge in [-0.15, -0.1) is 11.3 Å². The number of carbonyl (C=O) groups is 1. The summed E-state index contributed by atoms with van der Waals surface area (Å²) in [5.41, 5.74) is 0.941.